The molecule has 2 rings (SSSR count). The number of rotatable bonds is 3. The number of aryl methyl sites for hydroxylation is 2. The highest BCUT2D eigenvalue weighted by Gasteiger charge is 2.22. The normalized spacial score (nSPS) is 10.7. The maximum atomic E-state index is 12.6. The maximum absolute atomic E-state index is 12.6. The summed E-state index contributed by atoms with van der Waals surface area (Å²) in [6, 6.07) is 3.83. The molecule has 0 bridgehead atoms. The second-order valence-corrected chi connectivity index (χ2v) is 5.38. The van der Waals surface area contributed by atoms with Gasteiger partial charge in [0.1, 0.15) is 11.3 Å². The van der Waals surface area contributed by atoms with Crippen molar-refractivity contribution in [3.63, 3.8) is 0 Å². The number of hydrogen-bond acceptors (Lipinski definition) is 3. The Morgan fingerprint density at radius 1 is 1.24 bits per heavy atom. The molecule has 0 aliphatic carbocycles. The van der Waals surface area contributed by atoms with Crippen LogP contribution in [0.15, 0.2) is 18.3 Å². The van der Waals surface area contributed by atoms with Crippen molar-refractivity contribution in [2.45, 2.75) is 13.8 Å². The van der Waals surface area contributed by atoms with Crippen LogP contribution in [0.4, 0.5) is 0 Å². The summed E-state index contributed by atoms with van der Waals surface area (Å²) in [5.41, 5.74) is 2.94. The Morgan fingerprint density at radius 2 is 1.90 bits per heavy atom. The first kappa shape index (κ1) is 15.0. The average Bonchev–Trinajstić information content (AvgIpc) is 2.75. The van der Waals surface area contributed by atoms with Crippen molar-refractivity contribution in [2.75, 3.05) is 27.7 Å². The summed E-state index contributed by atoms with van der Waals surface area (Å²) in [6.07, 6.45) is 1.82. The van der Waals surface area contributed by atoms with Crippen molar-refractivity contribution < 1.29 is 9.59 Å². The Balaban J connectivity index is 2.38. The van der Waals surface area contributed by atoms with E-state index in [1.54, 1.807) is 32.5 Å². The molecule has 6 heteroatoms. The molecule has 112 valence electrons. The minimum Gasteiger partial charge on any atom is -0.347 e. The number of aromatic nitrogens is 2. The predicted molar refractivity (Wildman–Crippen MR) is 80.3 cm³/mol. The van der Waals surface area contributed by atoms with Crippen LogP contribution in [-0.4, -0.2) is 58.7 Å². The fourth-order valence-corrected chi connectivity index (χ4v) is 2.17. The van der Waals surface area contributed by atoms with Crippen molar-refractivity contribution in [1.29, 1.82) is 0 Å². The summed E-state index contributed by atoms with van der Waals surface area (Å²) >= 11 is 0. The van der Waals surface area contributed by atoms with E-state index in [2.05, 4.69) is 4.98 Å². The van der Waals surface area contributed by atoms with Gasteiger partial charge in [-0.3, -0.25) is 14.0 Å². The largest absolute Gasteiger partial charge is 0.347 e. The number of likely N-dealkylation sites (N-methyl/N-ethyl adjacent to an activating group) is 2. The lowest BCUT2D eigenvalue weighted by atomic mass is 10.3. The van der Waals surface area contributed by atoms with Gasteiger partial charge in [-0.05, 0) is 25.5 Å². The third kappa shape index (κ3) is 2.74. The number of nitrogens with zero attached hydrogens (tertiary/aromatic N) is 4. The summed E-state index contributed by atoms with van der Waals surface area (Å²) in [6.45, 7) is 3.81. The van der Waals surface area contributed by atoms with Crippen molar-refractivity contribution in [3.8, 4) is 0 Å². The highest BCUT2D eigenvalue weighted by molar-refractivity contribution is 5.96. The molecule has 0 aliphatic heterocycles. The minimum absolute atomic E-state index is 0.0460. The first-order valence-corrected chi connectivity index (χ1v) is 6.72. The van der Waals surface area contributed by atoms with Crippen LogP contribution in [0.1, 0.15) is 21.7 Å². The number of amides is 2. The molecule has 0 fully saturated rings. The Bertz CT molecular complexity index is 703. The molecule has 2 heterocycles. The second kappa shape index (κ2) is 5.55. The molecule has 0 atom stereocenters. The van der Waals surface area contributed by atoms with E-state index >= 15 is 0 Å². The zero-order valence-corrected chi connectivity index (χ0v) is 13.0. The van der Waals surface area contributed by atoms with Gasteiger partial charge in [-0.25, -0.2) is 4.98 Å². The predicted octanol–water partition coefficient (Wildman–Crippen LogP) is 1.11. The lowest BCUT2D eigenvalue weighted by molar-refractivity contribution is -0.129. The molecular weight excluding hydrogens is 268 g/mol. The SMILES string of the molecule is Cc1nc2c(C)cccn2c1C(=O)N(C)CC(=O)N(C)C. The number of carbonyl (C=O) groups is 2. The summed E-state index contributed by atoms with van der Waals surface area (Å²) in [4.78, 5) is 31.7. The molecule has 0 radical (unpaired) electrons. The molecule has 2 aromatic rings. The molecule has 6 nitrogen and oxygen atoms in total. The van der Waals surface area contributed by atoms with Gasteiger partial charge < -0.3 is 9.80 Å². The van der Waals surface area contributed by atoms with Gasteiger partial charge >= 0.3 is 0 Å². The van der Waals surface area contributed by atoms with Gasteiger partial charge in [0.15, 0.2) is 0 Å². The van der Waals surface area contributed by atoms with E-state index in [-0.39, 0.29) is 18.4 Å². The molecular formula is C15H20N4O2. The molecule has 2 amide bonds. The fourth-order valence-electron chi connectivity index (χ4n) is 2.17. The first-order chi connectivity index (χ1) is 9.82. The van der Waals surface area contributed by atoms with Gasteiger partial charge in [-0.15, -0.1) is 0 Å². The van der Waals surface area contributed by atoms with Gasteiger partial charge in [-0.1, -0.05) is 6.07 Å². The van der Waals surface area contributed by atoms with Gasteiger partial charge in [0.25, 0.3) is 5.91 Å². The van der Waals surface area contributed by atoms with E-state index in [1.165, 1.54) is 9.80 Å². The Kier molecular flexibility index (Phi) is 3.97. The van der Waals surface area contributed by atoms with Crippen molar-refractivity contribution in [3.05, 3.63) is 35.3 Å². The number of fused-ring (bicyclic) bond motifs is 1. The van der Waals surface area contributed by atoms with Crippen LogP contribution in [0, 0.1) is 13.8 Å². The van der Waals surface area contributed by atoms with Gasteiger partial charge in [0.05, 0.1) is 12.2 Å². The molecule has 21 heavy (non-hydrogen) atoms. The summed E-state index contributed by atoms with van der Waals surface area (Å²) < 4.78 is 1.78. The molecule has 2 aromatic heterocycles. The quantitative estimate of drug-likeness (QED) is 0.850. The van der Waals surface area contributed by atoms with Gasteiger partial charge in [-0.2, -0.15) is 0 Å². The van der Waals surface area contributed by atoms with E-state index in [9.17, 15) is 9.59 Å². The highest BCUT2D eigenvalue weighted by atomic mass is 16.2. The van der Waals surface area contributed by atoms with Crippen LogP contribution in [0.3, 0.4) is 0 Å². The Labute approximate surface area is 124 Å². The number of hydrogen-bond donors (Lipinski definition) is 0. The van der Waals surface area contributed by atoms with Crippen molar-refractivity contribution >= 4 is 17.5 Å². The summed E-state index contributed by atoms with van der Waals surface area (Å²) in [5, 5.41) is 0. The zero-order chi connectivity index (χ0) is 15.7. The Hall–Kier alpha value is -2.37. The van der Waals surface area contributed by atoms with E-state index in [0.717, 1.165) is 11.2 Å². The molecule has 0 saturated carbocycles. The van der Waals surface area contributed by atoms with E-state index in [1.807, 2.05) is 25.3 Å². The summed E-state index contributed by atoms with van der Waals surface area (Å²) in [5.74, 6) is -0.325. The van der Waals surface area contributed by atoms with Crippen LogP contribution in [0.25, 0.3) is 5.65 Å². The highest BCUT2D eigenvalue weighted by Crippen LogP contribution is 2.16. The van der Waals surface area contributed by atoms with Crippen LogP contribution in [-0.2, 0) is 4.79 Å². The number of carbonyl (C=O) groups excluding carboxylic acids is 2. The third-order valence-corrected chi connectivity index (χ3v) is 3.44. The second-order valence-electron chi connectivity index (χ2n) is 5.38. The van der Waals surface area contributed by atoms with Crippen LogP contribution < -0.4 is 0 Å². The van der Waals surface area contributed by atoms with Gasteiger partial charge in [0, 0.05) is 27.3 Å². The molecule has 0 N–H and O–H groups in total. The van der Waals surface area contributed by atoms with Crippen molar-refractivity contribution in [1.82, 2.24) is 19.2 Å². The molecule has 0 unspecified atom stereocenters. The molecule has 0 saturated heterocycles. The van der Waals surface area contributed by atoms with Crippen LogP contribution >= 0.6 is 0 Å². The van der Waals surface area contributed by atoms with Crippen molar-refractivity contribution in [2.24, 2.45) is 0 Å². The average molecular weight is 288 g/mol. The first-order valence-electron chi connectivity index (χ1n) is 6.72. The number of imidazole rings is 1. The zero-order valence-electron chi connectivity index (χ0n) is 13.0. The molecule has 0 aliphatic rings. The lowest BCUT2D eigenvalue weighted by Crippen LogP contribution is -2.38. The Morgan fingerprint density at radius 3 is 2.52 bits per heavy atom. The van der Waals surface area contributed by atoms with Gasteiger partial charge in [0.2, 0.25) is 5.91 Å². The minimum atomic E-state index is -0.208. The van der Waals surface area contributed by atoms with Crippen LogP contribution in [0.5, 0.6) is 0 Å². The van der Waals surface area contributed by atoms with Crippen LogP contribution in [0.2, 0.25) is 0 Å². The fraction of sp³-hybridized carbons (Fsp3) is 0.400. The maximum Gasteiger partial charge on any atom is 0.272 e. The smallest absolute Gasteiger partial charge is 0.272 e. The molecule has 0 spiro atoms. The monoisotopic (exact) mass is 288 g/mol. The van der Waals surface area contributed by atoms with E-state index in [0.29, 0.717) is 11.4 Å². The van der Waals surface area contributed by atoms with E-state index in [4.69, 9.17) is 0 Å². The third-order valence-electron chi connectivity index (χ3n) is 3.44. The number of pyridine rings is 1. The lowest BCUT2D eigenvalue weighted by Gasteiger charge is -2.19. The standard InChI is InChI=1S/C15H20N4O2/c1-10-7-6-8-19-13(11(2)16-14(10)19)15(21)18(5)9-12(20)17(3)4/h6-8H,9H2,1-5H3. The molecule has 0 aromatic carbocycles. The topological polar surface area (TPSA) is 57.9 Å². The summed E-state index contributed by atoms with van der Waals surface area (Å²) in [7, 11) is 4.96. The van der Waals surface area contributed by atoms with E-state index < -0.39 is 0 Å².